The molecule has 4 rings (SSSR count). The van der Waals surface area contributed by atoms with Crippen molar-refractivity contribution >= 4 is 11.6 Å². The molecular formula is C32H38FNO5. The van der Waals surface area contributed by atoms with Gasteiger partial charge in [-0.05, 0) is 78.6 Å². The molecule has 1 heterocycles. The van der Waals surface area contributed by atoms with Crippen LogP contribution in [-0.4, -0.2) is 45.1 Å². The molecule has 0 aliphatic carbocycles. The van der Waals surface area contributed by atoms with Crippen molar-refractivity contribution < 1.29 is 29.6 Å². The van der Waals surface area contributed by atoms with E-state index in [2.05, 4.69) is 19.1 Å². The Kier molecular flexibility index (Phi) is 9.51. The van der Waals surface area contributed by atoms with E-state index >= 15 is 0 Å². The number of halogens is 1. The van der Waals surface area contributed by atoms with Crippen molar-refractivity contribution in [3.63, 3.8) is 0 Å². The van der Waals surface area contributed by atoms with Gasteiger partial charge in [-0.25, -0.2) is 4.39 Å². The summed E-state index contributed by atoms with van der Waals surface area (Å²) in [5.41, 5.74) is 3.08. The van der Waals surface area contributed by atoms with Crippen molar-refractivity contribution in [2.75, 3.05) is 18.1 Å². The lowest BCUT2D eigenvalue weighted by atomic mass is 9.78. The van der Waals surface area contributed by atoms with Crippen molar-refractivity contribution in [1.29, 1.82) is 0 Å². The summed E-state index contributed by atoms with van der Waals surface area (Å²) in [6.45, 7) is 1.11. The predicted molar refractivity (Wildman–Crippen MR) is 149 cm³/mol. The van der Waals surface area contributed by atoms with Gasteiger partial charge >= 0.3 is 0 Å². The number of amides is 1. The fourth-order valence-electron chi connectivity index (χ4n) is 5.27. The monoisotopic (exact) mass is 535 g/mol. The lowest BCUT2D eigenvalue weighted by Gasteiger charge is -2.48. The zero-order chi connectivity index (χ0) is 28.0. The van der Waals surface area contributed by atoms with E-state index in [9.17, 15) is 29.6 Å². The average Bonchev–Trinajstić information content (AvgIpc) is 2.96. The minimum atomic E-state index is -1.52. The molecule has 1 unspecified atom stereocenters. The molecule has 1 fully saturated rings. The minimum absolute atomic E-state index is 0.00887. The van der Waals surface area contributed by atoms with Crippen molar-refractivity contribution in [3.8, 4) is 0 Å². The number of hydrogen-bond acceptors (Lipinski definition) is 5. The molecule has 0 spiro atoms. The van der Waals surface area contributed by atoms with Crippen LogP contribution in [-0.2, 0) is 17.6 Å². The van der Waals surface area contributed by atoms with Crippen LogP contribution in [0.3, 0.4) is 0 Å². The predicted octanol–water partition coefficient (Wildman–Crippen LogP) is 4.64. The Morgan fingerprint density at radius 1 is 0.897 bits per heavy atom. The first-order chi connectivity index (χ1) is 18.8. The minimum Gasteiger partial charge on any atom is -0.393 e. The number of carbonyl (C=O) groups is 1. The second-order valence-electron chi connectivity index (χ2n) is 10.6. The number of nitrogens with zero attached hydrogens (tertiary/aromatic N) is 1. The molecule has 3 aromatic carbocycles. The Morgan fingerprint density at radius 3 is 2.08 bits per heavy atom. The highest BCUT2D eigenvalue weighted by atomic mass is 19.1. The summed E-state index contributed by atoms with van der Waals surface area (Å²) in [4.78, 5) is 15.2. The Hall–Kier alpha value is -3.10. The molecule has 1 aliphatic rings. The molecule has 0 aromatic heterocycles. The van der Waals surface area contributed by atoms with Crippen molar-refractivity contribution in [3.05, 3.63) is 101 Å². The molecular weight excluding hydrogens is 497 g/mol. The molecule has 1 saturated heterocycles. The molecule has 7 heteroatoms. The van der Waals surface area contributed by atoms with E-state index in [0.717, 1.165) is 29.7 Å². The van der Waals surface area contributed by atoms with Gasteiger partial charge in [0.05, 0.1) is 31.3 Å². The zero-order valence-electron chi connectivity index (χ0n) is 22.3. The Labute approximate surface area is 229 Å². The van der Waals surface area contributed by atoms with Gasteiger partial charge in [0.25, 0.3) is 0 Å². The molecule has 0 bridgehead atoms. The van der Waals surface area contributed by atoms with Gasteiger partial charge in [0.15, 0.2) is 0 Å². The molecule has 3 aromatic rings. The maximum Gasteiger partial charge on any atom is 0.233 e. The summed E-state index contributed by atoms with van der Waals surface area (Å²) in [6, 6.07) is 21.5. The number of aryl methyl sites for hydroxylation is 2. The molecule has 4 N–H and O–H groups in total. The van der Waals surface area contributed by atoms with Crippen molar-refractivity contribution in [1.82, 2.24) is 0 Å². The number of carbonyl (C=O) groups excluding carboxylic acids is 1. The van der Waals surface area contributed by atoms with Gasteiger partial charge in [0.2, 0.25) is 5.91 Å². The maximum atomic E-state index is 13.4. The standard InChI is InChI=1S/C32H38FNO5/c1-2-3-22-6-14-27(15-7-22)34-30(25-8-4-23(5-9-25)18-19-32(39,20-35)21-36)28(31(34)38)16-17-29(37)24-10-12-26(33)13-11-24/h4-15,28-30,35-37,39H,2-3,16-21H2,1H3/t28?,29-,30+/m0/s1. The van der Waals surface area contributed by atoms with Crippen LogP contribution in [0, 0.1) is 11.7 Å². The van der Waals surface area contributed by atoms with E-state index in [1.807, 2.05) is 41.3 Å². The van der Waals surface area contributed by atoms with Crippen LogP contribution < -0.4 is 4.90 Å². The fraction of sp³-hybridized carbons (Fsp3) is 0.406. The average molecular weight is 536 g/mol. The molecule has 208 valence electrons. The van der Waals surface area contributed by atoms with Crippen LogP contribution in [0.5, 0.6) is 0 Å². The second kappa shape index (κ2) is 12.8. The lowest BCUT2D eigenvalue weighted by Crippen LogP contribution is -2.55. The highest BCUT2D eigenvalue weighted by Crippen LogP contribution is 2.46. The number of aliphatic hydroxyl groups excluding tert-OH is 3. The Bertz CT molecular complexity index is 1210. The lowest BCUT2D eigenvalue weighted by molar-refractivity contribution is -0.131. The van der Waals surface area contributed by atoms with Crippen LogP contribution >= 0.6 is 0 Å². The van der Waals surface area contributed by atoms with Gasteiger partial charge < -0.3 is 25.3 Å². The first kappa shape index (κ1) is 28.9. The first-order valence-electron chi connectivity index (χ1n) is 13.7. The Morgan fingerprint density at radius 2 is 1.49 bits per heavy atom. The first-order valence-corrected chi connectivity index (χ1v) is 13.7. The van der Waals surface area contributed by atoms with Crippen LogP contribution in [0.15, 0.2) is 72.8 Å². The van der Waals surface area contributed by atoms with E-state index in [0.29, 0.717) is 24.8 Å². The number of rotatable bonds is 13. The summed E-state index contributed by atoms with van der Waals surface area (Å²) in [6.07, 6.45) is 2.79. The van der Waals surface area contributed by atoms with Crippen molar-refractivity contribution in [2.45, 2.75) is 63.2 Å². The molecule has 6 nitrogen and oxygen atoms in total. The van der Waals surface area contributed by atoms with Gasteiger partial charge in [0.1, 0.15) is 11.4 Å². The highest BCUT2D eigenvalue weighted by Gasteiger charge is 2.48. The number of β-lactam (4-membered cyclic amide) rings is 1. The number of hydrogen-bond donors (Lipinski definition) is 4. The zero-order valence-corrected chi connectivity index (χ0v) is 22.3. The molecule has 0 radical (unpaired) electrons. The number of anilines is 1. The topological polar surface area (TPSA) is 101 Å². The van der Waals surface area contributed by atoms with Gasteiger partial charge in [0, 0.05) is 5.69 Å². The smallest absolute Gasteiger partial charge is 0.233 e. The summed E-state index contributed by atoms with van der Waals surface area (Å²) in [5.74, 6) is -0.661. The molecule has 3 atom stereocenters. The second-order valence-corrected chi connectivity index (χ2v) is 10.6. The third kappa shape index (κ3) is 6.73. The molecule has 1 aliphatic heterocycles. The molecule has 0 saturated carbocycles. The van der Waals surface area contributed by atoms with Gasteiger partial charge in [-0.1, -0.05) is 61.9 Å². The van der Waals surface area contributed by atoms with E-state index in [-0.39, 0.29) is 30.1 Å². The maximum absolute atomic E-state index is 13.4. The summed E-state index contributed by atoms with van der Waals surface area (Å²) in [7, 11) is 0. The fourth-order valence-corrected chi connectivity index (χ4v) is 5.27. The third-order valence-corrected chi connectivity index (χ3v) is 7.76. The summed E-state index contributed by atoms with van der Waals surface area (Å²) >= 11 is 0. The van der Waals surface area contributed by atoms with E-state index < -0.39 is 24.9 Å². The SMILES string of the molecule is CCCc1ccc(N2C(=O)C(CC[C@H](O)c3ccc(F)cc3)[C@H]2c2ccc(CCC(O)(CO)CO)cc2)cc1. The molecule has 39 heavy (non-hydrogen) atoms. The van der Waals surface area contributed by atoms with Crippen molar-refractivity contribution in [2.24, 2.45) is 5.92 Å². The summed E-state index contributed by atoms with van der Waals surface area (Å²) < 4.78 is 13.3. The quantitative estimate of drug-likeness (QED) is 0.239. The van der Waals surface area contributed by atoms with Gasteiger partial charge in [-0.3, -0.25) is 4.79 Å². The van der Waals surface area contributed by atoms with Crippen LogP contribution in [0.25, 0.3) is 0 Å². The largest absolute Gasteiger partial charge is 0.393 e. The van der Waals surface area contributed by atoms with Gasteiger partial charge in [-0.2, -0.15) is 0 Å². The van der Waals surface area contributed by atoms with E-state index in [1.165, 1.54) is 17.7 Å². The number of benzene rings is 3. The summed E-state index contributed by atoms with van der Waals surface area (Å²) in [5, 5.41) is 39.6. The Balaban J connectivity index is 1.52. The van der Waals surface area contributed by atoms with Crippen LogP contribution in [0.1, 0.15) is 67.0 Å². The van der Waals surface area contributed by atoms with Crippen LogP contribution in [0.2, 0.25) is 0 Å². The normalized spacial score (nSPS) is 18.2. The van der Waals surface area contributed by atoms with E-state index in [1.54, 1.807) is 12.1 Å². The highest BCUT2D eigenvalue weighted by molar-refractivity contribution is 6.03. The molecule has 1 amide bonds. The third-order valence-electron chi connectivity index (χ3n) is 7.76. The number of aliphatic hydroxyl groups is 4. The van der Waals surface area contributed by atoms with E-state index in [4.69, 9.17) is 0 Å². The van der Waals surface area contributed by atoms with Crippen LogP contribution in [0.4, 0.5) is 10.1 Å². The van der Waals surface area contributed by atoms with Gasteiger partial charge in [-0.15, -0.1) is 0 Å².